The molecule has 0 saturated heterocycles. The van der Waals surface area contributed by atoms with Crippen molar-refractivity contribution in [3.63, 3.8) is 0 Å². The zero-order valence-electron chi connectivity index (χ0n) is 8.42. The van der Waals surface area contributed by atoms with Crippen LogP contribution in [-0.4, -0.2) is 16.9 Å². The SMILES string of the molecule is Clc1cnccc1NCC1CCCC1Cl. The predicted molar refractivity (Wildman–Crippen MR) is 64.7 cm³/mol. The minimum Gasteiger partial charge on any atom is -0.383 e. The van der Waals surface area contributed by atoms with E-state index in [2.05, 4.69) is 10.3 Å². The van der Waals surface area contributed by atoms with Crippen molar-refractivity contribution >= 4 is 28.9 Å². The lowest BCUT2D eigenvalue weighted by molar-refractivity contribution is 0.586. The maximum Gasteiger partial charge on any atom is 0.0820 e. The van der Waals surface area contributed by atoms with Crippen LogP contribution >= 0.6 is 23.2 Å². The molecule has 1 aliphatic rings. The van der Waals surface area contributed by atoms with Crippen LogP contribution in [0.4, 0.5) is 5.69 Å². The zero-order chi connectivity index (χ0) is 10.7. The molecule has 2 rings (SSSR count). The van der Waals surface area contributed by atoms with Gasteiger partial charge in [0, 0.05) is 24.3 Å². The number of halogens is 2. The number of pyridine rings is 1. The Labute approximate surface area is 100.0 Å². The summed E-state index contributed by atoms with van der Waals surface area (Å²) in [4.78, 5) is 3.94. The second-order valence-electron chi connectivity index (χ2n) is 3.94. The Hall–Kier alpha value is -0.470. The van der Waals surface area contributed by atoms with E-state index in [0.29, 0.717) is 16.3 Å². The standard InChI is InChI=1S/C11H14Cl2N2/c12-9-3-1-2-8(9)6-15-11-4-5-14-7-10(11)13/h4-5,7-9H,1-3,6H2,(H,14,15). The van der Waals surface area contributed by atoms with E-state index in [4.69, 9.17) is 23.2 Å². The van der Waals surface area contributed by atoms with Crippen LogP contribution in [0, 0.1) is 5.92 Å². The van der Waals surface area contributed by atoms with Gasteiger partial charge in [-0.3, -0.25) is 4.98 Å². The predicted octanol–water partition coefficient (Wildman–Crippen LogP) is 3.55. The molecular formula is C11H14Cl2N2. The van der Waals surface area contributed by atoms with Crippen LogP contribution in [0.1, 0.15) is 19.3 Å². The Morgan fingerprint density at radius 2 is 2.33 bits per heavy atom. The quantitative estimate of drug-likeness (QED) is 0.823. The van der Waals surface area contributed by atoms with Gasteiger partial charge in [0.25, 0.3) is 0 Å². The largest absolute Gasteiger partial charge is 0.383 e. The first-order valence-electron chi connectivity index (χ1n) is 5.25. The van der Waals surface area contributed by atoms with Gasteiger partial charge in [-0.05, 0) is 24.8 Å². The number of nitrogens with one attached hydrogen (secondary N) is 1. The van der Waals surface area contributed by atoms with Crippen molar-refractivity contribution in [2.24, 2.45) is 5.92 Å². The van der Waals surface area contributed by atoms with Crippen molar-refractivity contribution < 1.29 is 0 Å². The second-order valence-corrected chi connectivity index (χ2v) is 4.91. The van der Waals surface area contributed by atoms with E-state index in [1.807, 2.05) is 6.07 Å². The molecule has 2 nitrogen and oxygen atoms in total. The van der Waals surface area contributed by atoms with E-state index < -0.39 is 0 Å². The molecule has 1 N–H and O–H groups in total. The van der Waals surface area contributed by atoms with Crippen LogP contribution in [-0.2, 0) is 0 Å². The lowest BCUT2D eigenvalue weighted by Gasteiger charge is -2.15. The van der Waals surface area contributed by atoms with Crippen LogP contribution in [0.15, 0.2) is 18.5 Å². The van der Waals surface area contributed by atoms with E-state index in [1.54, 1.807) is 12.4 Å². The monoisotopic (exact) mass is 244 g/mol. The fraction of sp³-hybridized carbons (Fsp3) is 0.545. The molecule has 1 heterocycles. The van der Waals surface area contributed by atoms with E-state index in [0.717, 1.165) is 18.7 Å². The third-order valence-electron chi connectivity index (χ3n) is 2.89. The van der Waals surface area contributed by atoms with Crippen LogP contribution in [0.25, 0.3) is 0 Å². The third kappa shape index (κ3) is 2.76. The van der Waals surface area contributed by atoms with Crippen LogP contribution in [0.2, 0.25) is 5.02 Å². The summed E-state index contributed by atoms with van der Waals surface area (Å²) in [6.45, 7) is 0.901. The highest BCUT2D eigenvalue weighted by molar-refractivity contribution is 6.33. The molecule has 15 heavy (non-hydrogen) atoms. The van der Waals surface area contributed by atoms with Gasteiger partial charge in [0.15, 0.2) is 0 Å². The van der Waals surface area contributed by atoms with E-state index in [1.165, 1.54) is 12.8 Å². The summed E-state index contributed by atoms with van der Waals surface area (Å²) in [6.07, 6.45) is 6.98. The summed E-state index contributed by atoms with van der Waals surface area (Å²) in [6, 6.07) is 1.89. The summed E-state index contributed by atoms with van der Waals surface area (Å²) < 4.78 is 0. The van der Waals surface area contributed by atoms with Gasteiger partial charge < -0.3 is 5.32 Å². The topological polar surface area (TPSA) is 24.9 Å². The Bertz CT molecular complexity index is 330. The lowest BCUT2D eigenvalue weighted by atomic mass is 10.1. The highest BCUT2D eigenvalue weighted by Gasteiger charge is 2.24. The maximum absolute atomic E-state index is 6.20. The summed E-state index contributed by atoms with van der Waals surface area (Å²) in [5.74, 6) is 0.566. The van der Waals surface area contributed by atoms with Gasteiger partial charge in [-0.15, -0.1) is 11.6 Å². The van der Waals surface area contributed by atoms with Gasteiger partial charge in [0.2, 0.25) is 0 Å². The van der Waals surface area contributed by atoms with Gasteiger partial charge >= 0.3 is 0 Å². The first-order chi connectivity index (χ1) is 7.27. The molecule has 1 aliphatic carbocycles. The molecule has 4 heteroatoms. The summed E-state index contributed by atoms with van der Waals surface area (Å²) in [7, 11) is 0. The third-order valence-corrected chi connectivity index (χ3v) is 3.77. The van der Waals surface area contributed by atoms with Crippen molar-refractivity contribution in [1.29, 1.82) is 0 Å². The Morgan fingerprint density at radius 1 is 1.47 bits per heavy atom. The van der Waals surface area contributed by atoms with Crippen molar-refractivity contribution in [1.82, 2.24) is 4.98 Å². The van der Waals surface area contributed by atoms with Crippen molar-refractivity contribution in [3.8, 4) is 0 Å². The van der Waals surface area contributed by atoms with Gasteiger partial charge in [0.1, 0.15) is 0 Å². The van der Waals surface area contributed by atoms with Crippen LogP contribution < -0.4 is 5.32 Å². The number of hydrogen-bond acceptors (Lipinski definition) is 2. The Balaban J connectivity index is 1.90. The molecule has 1 fully saturated rings. The molecular weight excluding hydrogens is 231 g/mol. The molecule has 0 amide bonds. The highest BCUT2D eigenvalue weighted by atomic mass is 35.5. The zero-order valence-corrected chi connectivity index (χ0v) is 9.93. The number of hydrogen-bond donors (Lipinski definition) is 1. The first-order valence-corrected chi connectivity index (χ1v) is 6.06. The molecule has 1 aromatic rings. The smallest absolute Gasteiger partial charge is 0.0820 e. The summed E-state index contributed by atoms with van der Waals surface area (Å²) in [5, 5.41) is 4.31. The van der Waals surface area contributed by atoms with Crippen molar-refractivity contribution in [2.45, 2.75) is 24.6 Å². The van der Waals surface area contributed by atoms with Gasteiger partial charge in [-0.25, -0.2) is 0 Å². The fourth-order valence-corrected chi connectivity index (χ4v) is 2.54. The van der Waals surface area contributed by atoms with E-state index in [9.17, 15) is 0 Å². The van der Waals surface area contributed by atoms with Gasteiger partial charge in [-0.2, -0.15) is 0 Å². The van der Waals surface area contributed by atoms with E-state index >= 15 is 0 Å². The summed E-state index contributed by atoms with van der Waals surface area (Å²) in [5.41, 5.74) is 0.947. The number of anilines is 1. The van der Waals surface area contributed by atoms with Crippen molar-refractivity contribution in [2.75, 3.05) is 11.9 Å². The van der Waals surface area contributed by atoms with E-state index in [-0.39, 0.29) is 0 Å². The molecule has 2 unspecified atom stereocenters. The Morgan fingerprint density at radius 3 is 3.00 bits per heavy atom. The van der Waals surface area contributed by atoms with Crippen LogP contribution in [0.5, 0.6) is 0 Å². The molecule has 0 radical (unpaired) electrons. The number of nitrogens with zero attached hydrogens (tertiary/aromatic N) is 1. The lowest BCUT2D eigenvalue weighted by Crippen LogP contribution is -2.18. The number of alkyl halides is 1. The van der Waals surface area contributed by atoms with Crippen molar-refractivity contribution in [3.05, 3.63) is 23.5 Å². The Kier molecular flexibility index (Phi) is 3.71. The fourth-order valence-electron chi connectivity index (χ4n) is 1.98. The minimum atomic E-state index is 0.318. The molecule has 1 aromatic heterocycles. The summed E-state index contributed by atoms with van der Waals surface area (Å²) >= 11 is 12.2. The maximum atomic E-state index is 6.20. The normalized spacial score (nSPS) is 25.5. The molecule has 0 spiro atoms. The highest BCUT2D eigenvalue weighted by Crippen LogP contribution is 2.30. The van der Waals surface area contributed by atoms with Gasteiger partial charge in [0.05, 0.1) is 10.7 Å². The molecule has 1 saturated carbocycles. The van der Waals surface area contributed by atoms with Crippen LogP contribution in [0.3, 0.4) is 0 Å². The average Bonchev–Trinajstić information content (AvgIpc) is 2.63. The van der Waals surface area contributed by atoms with Gasteiger partial charge in [-0.1, -0.05) is 18.0 Å². The minimum absolute atomic E-state index is 0.318. The second kappa shape index (κ2) is 5.04. The number of rotatable bonds is 3. The number of aromatic nitrogens is 1. The molecule has 0 aromatic carbocycles. The molecule has 2 atom stereocenters. The first kappa shape index (κ1) is 11.0. The average molecular weight is 245 g/mol. The molecule has 0 bridgehead atoms. The molecule has 0 aliphatic heterocycles. The molecule has 82 valence electrons.